The molecular formula is C28H30N6O3. The lowest BCUT2D eigenvalue weighted by Gasteiger charge is -2.30. The second-order valence-electron chi connectivity index (χ2n) is 9.17. The molecule has 0 saturated carbocycles. The van der Waals surface area contributed by atoms with Crippen LogP contribution in [0.4, 0.5) is 0 Å². The Bertz CT molecular complexity index is 1530. The summed E-state index contributed by atoms with van der Waals surface area (Å²) < 4.78 is 12.7. The number of furan rings is 1. The van der Waals surface area contributed by atoms with Gasteiger partial charge < -0.3 is 14.1 Å². The molecule has 5 rings (SSSR count). The quantitative estimate of drug-likeness (QED) is 0.308. The first-order valence-corrected chi connectivity index (χ1v) is 12.2. The molecule has 0 spiro atoms. The molecule has 3 heterocycles. The van der Waals surface area contributed by atoms with E-state index in [9.17, 15) is 4.79 Å². The number of nitrogens with one attached hydrogen (secondary N) is 1. The number of pyridine rings is 1. The maximum atomic E-state index is 13.7. The Kier molecular flexibility index (Phi) is 7.25. The minimum Gasteiger partial charge on any atom is -0.468 e. The number of methoxy groups -OCH3 is 1. The molecule has 1 N–H and O–H groups in total. The van der Waals surface area contributed by atoms with Gasteiger partial charge in [0.1, 0.15) is 11.8 Å². The average molecular weight is 499 g/mol. The van der Waals surface area contributed by atoms with E-state index in [1.54, 1.807) is 18.1 Å². The van der Waals surface area contributed by atoms with E-state index in [2.05, 4.69) is 43.6 Å². The van der Waals surface area contributed by atoms with Crippen molar-refractivity contribution in [3.63, 3.8) is 0 Å². The fourth-order valence-corrected chi connectivity index (χ4v) is 4.70. The highest BCUT2D eigenvalue weighted by Gasteiger charge is 2.31. The molecule has 1 atom stereocenters. The molecule has 3 aromatic heterocycles. The number of tetrazole rings is 1. The number of nitrogens with zero attached hydrogens (tertiary/aromatic N) is 5. The summed E-state index contributed by atoms with van der Waals surface area (Å²) in [5, 5.41) is 13.6. The van der Waals surface area contributed by atoms with Crippen LogP contribution in [-0.4, -0.2) is 43.8 Å². The molecule has 0 aliphatic rings. The van der Waals surface area contributed by atoms with Crippen molar-refractivity contribution in [3.05, 3.63) is 111 Å². The van der Waals surface area contributed by atoms with Gasteiger partial charge in [-0.1, -0.05) is 42.5 Å². The van der Waals surface area contributed by atoms with E-state index in [4.69, 9.17) is 9.15 Å². The molecule has 0 saturated heterocycles. The Labute approximate surface area is 214 Å². The van der Waals surface area contributed by atoms with E-state index >= 15 is 0 Å². The van der Waals surface area contributed by atoms with Crippen molar-refractivity contribution in [2.75, 3.05) is 13.7 Å². The molecule has 9 heteroatoms. The molecule has 37 heavy (non-hydrogen) atoms. The van der Waals surface area contributed by atoms with Crippen LogP contribution >= 0.6 is 0 Å². The van der Waals surface area contributed by atoms with Crippen molar-refractivity contribution in [1.29, 1.82) is 0 Å². The molecule has 9 nitrogen and oxygen atoms in total. The first-order valence-electron chi connectivity index (χ1n) is 12.2. The van der Waals surface area contributed by atoms with E-state index in [1.807, 2.05) is 56.3 Å². The molecule has 0 radical (unpaired) electrons. The number of aromatic amines is 1. The SMILES string of the molecule is COCCn1nnnc1[C@H](c1cc2c(C)ccc(C)c2[nH]c1=O)N(Cc1ccccc1)Cc1ccco1. The van der Waals surface area contributed by atoms with Crippen molar-refractivity contribution >= 4 is 10.9 Å². The van der Waals surface area contributed by atoms with E-state index < -0.39 is 6.04 Å². The van der Waals surface area contributed by atoms with Gasteiger partial charge in [-0.2, -0.15) is 0 Å². The molecule has 0 aliphatic carbocycles. The normalized spacial score (nSPS) is 12.4. The number of hydrogen-bond donors (Lipinski definition) is 1. The van der Waals surface area contributed by atoms with Gasteiger partial charge in [-0.05, 0) is 59.2 Å². The number of hydrogen-bond acceptors (Lipinski definition) is 7. The van der Waals surface area contributed by atoms with E-state index in [-0.39, 0.29) is 5.56 Å². The van der Waals surface area contributed by atoms with Gasteiger partial charge >= 0.3 is 0 Å². The Morgan fingerprint density at radius 1 is 1.05 bits per heavy atom. The number of H-pyrrole nitrogens is 1. The Balaban J connectivity index is 1.71. The van der Waals surface area contributed by atoms with Crippen LogP contribution in [0.5, 0.6) is 0 Å². The third-order valence-electron chi connectivity index (χ3n) is 6.61. The fraction of sp³-hybridized carbons (Fsp3) is 0.286. The van der Waals surface area contributed by atoms with Gasteiger partial charge in [0.15, 0.2) is 5.82 Å². The standard InChI is InChI=1S/C28H30N6O3/c1-19-11-12-20(2)25-23(19)16-24(28(35)29-25)26(27-30-31-32-34(27)13-15-36-3)33(18-22-10-7-14-37-22)17-21-8-5-4-6-9-21/h4-12,14,16,26H,13,15,17-18H2,1-3H3,(H,29,35)/t26-/m0/s1. The molecule has 0 fully saturated rings. The maximum absolute atomic E-state index is 13.7. The van der Waals surface area contributed by atoms with Crippen molar-refractivity contribution in [3.8, 4) is 0 Å². The molecular weight excluding hydrogens is 468 g/mol. The summed E-state index contributed by atoms with van der Waals surface area (Å²) in [5.41, 5.74) is 4.42. The first-order chi connectivity index (χ1) is 18.0. The molecule has 0 aliphatic heterocycles. The zero-order valence-corrected chi connectivity index (χ0v) is 21.2. The van der Waals surface area contributed by atoms with Gasteiger partial charge in [0.05, 0.1) is 31.5 Å². The van der Waals surface area contributed by atoms with Gasteiger partial charge in [-0.3, -0.25) is 9.69 Å². The van der Waals surface area contributed by atoms with Crippen molar-refractivity contribution < 1.29 is 9.15 Å². The Morgan fingerprint density at radius 3 is 2.62 bits per heavy atom. The first kappa shape index (κ1) is 24.6. The van der Waals surface area contributed by atoms with Crippen LogP contribution in [-0.2, 0) is 24.4 Å². The molecule has 190 valence electrons. The van der Waals surface area contributed by atoms with Crippen LogP contribution in [0.15, 0.2) is 76.1 Å². The molecule has 2 aromatic carbocycles. The highest BCUT2D eigenvalue weighted by atomic mass is 16.5. The minimum absolute atomic E-state index is 0.176. The summed E-state index contributed by atoms with van der Waals surface area (Å²) >= 11 is 0. The number of rotatable bonds is 10. The van der Waals surface area contributed by atoms with E-state index in [0.29, 0.717) is 37.6 Å². The summed E-state index contributed by atoms with van der Waals surface area (Å²) in [5.74, 6) is 1.34. The maximum Gasteiger partial charge on any atom is 0.253 e. The van der Waals surface area contributed by atoms with Gasteiger partial charge in [-0.15, -0.1) is 5.10 Å². The van der Waals surface area contributed by atoms with Gasteiger partial charge in [0, 0.05) is 24.6 Å². The second-order valence-corrected chi connectivity index (χ2v) is 9.17. The highest BCUT2D eigenvalue weighted by molar-refractivity contribution is 5.85. The predicted octanol–water partition coefficient (Wildman–Crippen LogP) is 4.16. The lowest BCUT2D eigenvalue weighted by Crippen LogP contribution is -2.35. The third kappa shape index (κ3) is 5.23. The summed E-state index contributed by atoms with van der Waals surface area (Å²) in [6.45, 7) is 5.94. The largest absolute Gasteiger partial charge is 0.468 e. The average Bonchev–Trinajstić information content (AvgIpc) is 3.59. The summed E-state index contributed by atoms with van der Waals surface area (Å²) in [7, 11) is 1.64. The smallest absolute Gasteiger partial charge is 0.253 e. The topological polar surface area (TPSA) is 102 Å². The number of ether oxygens (including phenoxy) is 1. The lowest BCUT2D eigenvalue weighted by molar-refractivity contribution is 0.163. The van der Waals surface area contributed by atoms with Crippen molar-refractivity contribution in [2.45, 2.75) is 39.5 Å². The lowest BCUT2D eigenvalue weighted by atomic mass is 9.99. The van der Waals surface area contributed by atoms with Crippen molar-refractivity contribution in [1.82, 2.24) is 30.1 Å². The molecule has 0 bridgehead atoms. The van der Waals surface area contributed by atoms with Crippen LogP contribution in [0.2, 0.25) is 0 Å². The summed E-state index contributed by atoms with van der Waals surface area (Å²) in [6, 6.07) is 19.5. The summed E-state index contributed by atoms with van der Waals surface area (Å²) in [4.78, 5) is 19.0. The highest BCUT2D eigenvalue weighted by Crippen LogP contribution is 2.31. The van der Waals surface area contributed by atoms with Gasteiger partial charge in [-0.25, -0.2) is 4.68 Å². The third-order valence-corrected chi connectivity index (χ3v) is 6.61. The van der Waals surface area contributed by atoms with Crippen LogP contribution in [0.25, 0.3) is 10.9 Å². The number of aryl methyl sites for hydroxylation is 2. The monoisotopic (exact) mass is 498 g/mol. The van der Waals surface area contributed by atoms with E-state index in [1.165, 1.54) is 0 Å². The fourth-order valence-electron chi connectivity index (χ4n) is 4.70. The zero-order valence-electron chi connectivity index (χ0n) is 21.2. The van der Waals surface area contributed by atoms with Gasteiger partial charge in [0.25, 0.3) is 5.56 Å². The van der Waals surface area contributed by atoms with Crippen LogP contribution in [0.3, 0.4) is 0 Å². The number of aromatic nitrogens is 5. The second kappa shape index (κ2) is 10.9. The Hall–Kier alpha value is -4.08. The number of fused-ring (bicyclic) bond motifs is 1. The molecule has 0 amide bonds. The number of benzene rings is 2. The van der Waals surface area contributed by atoms with Crippen LogP contribution in [0, 0.1) is 13.8 Å². The van der Waals surface area contributed by atoms with Crippen LogP contribution < -0.4 is 5.56 Å². The van der Waals surface area contributed by atoms with Crippen LogP contribution in [0.1, 0.15) is 39.9 Å². The van der Waals surface area contributed by atoms with E-state index in [0.717, 1.165) is 33.4 Å². The molecule has 0 unspecified atom stereocenters. The minimum atomic E-state index is -0.551. The zero-order chi connectivity index (χ0) is 25.8. The summed E-state index contributed by atoms with van der Waals surface area (Å²) in [6.07, 6.45) is 1.66. The van der Waals surface area contributed by atoms with Crippen molar-refractivity contribution in [2.24, 2.45) is 0 Å². The Morgan fingerprint density at radius 2 is 1.86 bits per heavy atom. The predicted molar refractivity (Wildman–Crippen MR) is 140 cm³/mol. The van der Waals surface area contributed by atoms with Gasteiger partial charge in [0.2, 0.25) is 0 Å². The molecule has 5 aromatic rings.